The Morgan fingerprint density at radius 3 is 2.00 bits per heavy atom. The molecule has 0 aliphatic rings. The summed E-state index contributed by atoms with van der Waals surface area (Å²) in [5, 5.41) is 15.0. The molecule has 180 valence electrons. The fourth-order valence-corrected chi connectivity index (χ4v) is 3.52. The van der Waals surface area contributed by atoms with Crippen molar-refractivity contribution in [2.45, 2.75) is 24.9 Å². The van der Waals surface area contributed by atoms with E-state index in [4.69, 9.17) is 4.74 Å². The number of hydrogen-bond acceptors (Lipinski definition) is 4. The quantitative estimate of drug-likeness (QED) is 0.372. The maximum absolute atomic E-state index is 13.1. The zero-order valence-corrected chi connectivity index (χ0v) is 19.4. The molecule has 35 heavy (non-hydrogen) atoms. The van der Waals surface area contributed by atoms with Crippen LogP contribution in [0.4, 0.5) is 0 Å². The second-order valence-corrected chi connectivity index (χ2v) is 7.95. The number of methoxy groups -OCH3 is 1. The van der Waals surface area contributed by atoms with Gasteiger partial charge in [-0.05, 0) is 34.9 Å². The molecule has 0 heterocycles. The van der Waals surface area contributed by atoms with E-state index in [-0.39, 0.29) is 12.8 Å². The van der Waals surface area contributed by atoms with Gasteiger partial charge in [0.2, 0.25) is 11.8 Å². The Kier molecular flexibility index (Phi) is 9.19. The van der Waals surface area contributed by atoms with Crippen LogP contribution in [0.3, 0.4) is 0 Å². The molecule has 0 fully saturated rings. The molecule has 0 saturated carbocycles. The van der Waals surface area contributed by atoms with E-state index in [2.05, 4.69) is 10.6 Å². The van der Waals surface area contributed by atoms with Crippen LogP contribution in [0.1, 0.15) is 16.7 Å². The summed E-state index contributed by atoms with van der Waals surface area (Å²) in [6.45, 7) is 0. The number of hydrogen-bond donors (Lipinski definition) is 3. The Bertz CT molecular complexity index is 1160. The van der Waals surface area contributed by atoms with Crippen molar-refractivity contribution in [3.8, 4) is 5.75 Å². The summed E-state index contributed by atoms with van der Waals surface area (Å²) in [6.07, 6.45) is 3.29. The van der Waals surface area contributed by atoms with Gasteiger partial charge in [0.1, 0.15) is 17.8 Å². The monoisotopic (exact) mass is 472 g/mol. The Morgan fingerprint density at radius 2 is 1.43 bits per heavy atom. The topological polar surface area (TPSA) is 105 Å². The van der Waals surface area contributed by atoms with Crippen LogP contribution in [0.15, 0.2) is 91.0 Å². The zero-order valence-electron chi connectivity index (χ0n) is 19.4. The molecule has 0 radical (unpaired) electrons. The Morgan fingerprint density at radius 1 is 0.829 bits per heavy atom. The summed E-state index contributed by atoms with van der Waals surface area (Å²) >= 11 is 0. The summed E-state index contributed by atoms with van der Waals surface area (Å²) in [5.41, 5.74) is 2.38. The van der Waals surface area contributed by atoms with Gasteiger partial charge in [-0.3, -0.25) is 9.59 Å². The summed E-state index contributed by atoms with van der Waals surface area (Å²) in [5.74, 6) is -1.53. The number of ether oxygens (including phenoxy) is 1. The normalized spacial score (nSPS) is 12.5. The average molecular weight is 473 g/mol. The number of nitrogens with one attached hydrogen (secondary N) is 2. The number of carbonyl (C=O) groups excluding carboxylic acids is 2. The molecule has 0 unspecified atom stereocenters. The highest BCUT2D eigenvalue weighted by atomic mass is 16.5. The molecule has 3 aromatic carbocycles. The van der Waals surface area contributed by atoms with Crippen molar-refractivity contribution in [2.75, 3.05) is 7.11 Å². The lowest BCUT2D eigenvalue weighted by Crippen LogP contribution is -2.52. The van der Waals surface area contributed by atoms with Crippen molar-refractivity contribution in [2.24, 2.45) is 0 Å². The smallest absolute Gasteiger partial charge is 0.326 e. The Balaban J connectivity index is 1.73. The highest BCUT2D eigenvalue weighted by molar-refractivity contribution is 5.96. The first-order valence-electron chi connectivity index (χ1n) is 11.2. The predicted molar refractivity (Wildman–Crippen MR) is 134 cm³/mol. The average Bonchev–Trinajstić information content (AvgIpc) is 2.88. The van der Waals surface area contributed by atoms with Gasteiger partial charge in [0.05, 0.1) is 7.11 Å². The zero-order chi connectivity index (χ0) is 25.0. The van der Waals surface area contributed by atoms with E-state index in [1.807, 2.05) is 54.6 Å². The van der Waals surface area contributed by atoms with Gasteiger partial charge in [-0.1, -0.05) is 72.8 Å². The number of carboxylic acid groups (broad SMARTS) is 1. The second-order valence-electron chi connectivity index (χ2n) is 7.95. The van der Waals surface area contributed by atoms with E-state index < -0.39 is 29.9 Å². The van der Waals surface area contributed by atoms with Gasteiger partial charge in [0, 0.05) is 18.9 Å². The molecule has 7 nitrogen and oxygen atoms in total. The summed E-state index contributed by atoms with van der Waals surface area (Å²) in [7, 11) is 1.56. The van der Waals surface area contributed by atoms with Crippen LogP contribution >= 0.6 is 0 Å². The minimum atomic E-state index is -1.15. The van der Waals surface area contributed by atoms with Crippen molar-refractivity contribution in [3.63, 3.8) is 0 Å². The van der Waals surface area contributed by atoms with E-state index >= 15 is 0 Å². The maximum Gasteiger partial charge on any atom is 0.326 e. The Hall–Kier alpha value is -4.39. The first-order chi connectivity index (χ1) is 16.9. The molecule has 0 aromatic heterocycles. The minimum absolute atomic E-state index is 0.129. The van der Waals surface area contributed by atoms with E-state index in [0.29, 0.717) is 5.75 Å². The van der Waals surface area contributed by atoms with Crippen LogP contribution in [0.2, 0.25) is 0 Å². The molecule has 3 N–H and O–H groups in total. The van der Waals surface area contributed by atoms with Crippen LogP contribution in [0.5, 0.6) is 5.75 Å². The summed E-state index contributed by atoms with van der Waals surface area (Å²) in [4.78, 5) is 37.6. The van der Waals surface area contributed by atoms with Crippen LogP contribution in [0, 0.1) is 0 Å². The van der Waals surface area contributed by atoms with Gasteiger partial charge < -0.3 is 20.5 Å². The minimum Gasteiger partial charge on any atom is -0.497 e. The molecule has 0 spiro atoms. The van der Waals surface area contributed by atoms with Gasteiger partial charge in [-0.25, -0.2) is 4.79 Å². The molecular weight excluding hydrogens is 444 g/mol. The molecule has 3 aromatic rings. The van der Waals surface area contributed by atoms with E-state index in [9.17, 15) is 19.5 Å². The third-order valence-corrected chi connectivity index (χ3v) is 5.33. The SMILES string of the molecule is COc1cccc(/C=C/C(=O)N[C@@H](Cc2ccccc2)C(=O)N[C@@H](Cc2ccccc2)C(=O)O)c1. The first kappa shape index (κ1) is 25.2. The van der Waals surface area contributed by atoms with E-state index in [0.717, 1.165) is 16.7 Å². The third-order valence-electron chi connectivity index (χ3n) is 5.33. The first-order valence-corrected chi connectivity index (χ1v) is 11.2. The predicted octanol–water partition coefficient (Wildman–Crippen LogP) is 3.25. The molecule has 2 atom stereocenters. The second kappa shape index (κ2) is 12.7. The van der Waals surface area contributed by atoms with Gasteiger partial charge in [-0.15, -0.1) is 0 Å². The number of carbonyl (C=O) groups is 3. The number of rotatable bonds is 11. The molecule has 0 saturated heterocycles. The van der Waals surface area contributed by atoms with E-state index in [1.54, 1.807) is 43.5 Å². The lowest BCUT2D eigenvalue weighted by Gasteiger charge is -2.21. The maximum atomic E-state index is 13.1. The lowest BCUT2D eigenvalue weighted by atomic mass is 10.0. The van der Waals surface area contributed by atoms with E-state index in [1.165, 1.54) is 6.08 Å². The van der Waals surface area contributed by atoms with Crippen molar-refractivity contribution >= 4 is 23.9 Å². The van der Waals surface area contributed by atoms with Crippen LogP contribution in [0.25, 0.3) is 6.08 Å². The number of aliphatic carboxylic acids is 1. The van der Waals surface area contributed by atoms with Crippen LogP contribution < -0.4 is 15.4 Å². The molecule has 0 bridgehead atoms. The standard InChI is InChI=1S/C28H28N2O5/c1-35-23-14-8-13-22(17-23)15-16-26(31)29-24(18-20-9-4-2-5-10-20)27(32)30-25(28(33)34)19-21-11-6-3-7-12-21/h2-17,24-25H,18-19H2,1H3,(H,29,31)(H,30,32)(H,33,34)/b16-15+/t24-,25-/m0/s1. The summed E-state index contributed by atoms with van der Waals surface area (Å²) < 4.78 is 5.19. The number of carboxylic acids is 1. The fraction of sp³-hybridized carbons (Fsp3) is 0.179. The fourth-order valence-electron chi connectivity index (χ4n) is 3.52. The van der Waals surface area contributed by atoms with Gasteiger partial charge >= 0.3 is 5.97 Å². The highest BCUT2D eigenvalue weighted by Crippen LogP contribution is 2.13. The molecule has 0 aliphatic carbocycles. The largest absolute Gasteiger partial charge is 0.497 e. The molecule has 3 rings (SSSR count). The van der Waals surface area contributed by atoms with Crippen molar-refractivity contribution < 1.29 is 24.2 Å². The van der Waals surface area contributed by atoms with Gasteiger partial charge in [0.25, 0.3) is 0 Å². The Labute approximate surface area is 204 Å². The molecule has 0 aliphatic heterocycles. The van der Waals surface area contributed by atoms with Crippen LogP contribution in [-0.4, -0.2) is 42.1 Å². The summed E-state index contributed by atoms with van der Waals surface area (Å²) in [6, 6.07) is 23.4. The molecular formula is C28H28N2O5. The number of benzene rings is 3. The number of amides is 2. The van der Waals surface area contributed by atoms with Crippen molar-refractivity contribution in [1.82, 2.24) is 10.6 Å². The molecule has 7 heteroatoms. The van der Waals surface area contributed by atoms with Gasteiger partial charge in [0.15, 0.2) is 0 Å². The third kappa shape index (κ3) is 8.16. The van der Waals surface area contributed by atoms with Crippen LogP contribution in [-0.2, 0) is 27.2 Å². The highest BCUT2D eigenvalue weighted by Gasteiger charge is 2.26. The van der Waals surface area contributed by atoms with Crippen molar-refractivity contribution in [1.29, 1.82) is 0 Å². The van der Waals surface area contributed by atoms with Crippen molar-refractivity contribution in [3.05, 3.63) is 108 Å². The lowest BCUT2D eigenvalue weighted by molar-refractivity contribution is -0.142. The molecule has 2 amide bonds. The van der Waals surface area contributed by atoms with Gasteiger partial charge in [-0.2, -0.15) is 0 Å².